The van der Waals surface area contributed by atoms with Crippen molar-refractivity contribution in [2.45, 2.75) is 53.6 Å². The Morgan fingerprint density at radius 2 is 1.84 bits per heavy atom. The molecule has 0 aliphatic rings. The summed E-state index contributed by atoms with van der Waals surface area (Å²) >= 11 is 0. The van der Waals surface area contributed by atoms with E-state index < -0.39 is 6.10 Å². The zero-order chi connectivity index (χ0) is 22.5. The van der Waals surface area contributed by atoms with E-state index in [1.165, 1.54) is 0 Å². The third-order valence-corrected chi connectivity index (χ3v) is 4.92. The van der Waals surface area contributed by atoms with Crippen LogP contribution >= 0.6 is 0 Å². The Labute approximate surface area is 183 Å². The molecule has 7 heteroatoms. The number of pyridine rings is 1. The summed E-state index contributed by atoms with van der Waals surface area (Å²) in [6, 6.07) is 7.88. The number of rotatable bonds is 9. The van der Waals surface area contributed by atoms with Crippen LogP contribution < -0.4 is 4.74 Å². The molecule has 1 aromatic carbocycles. The maximum Gasteiger partial charge on any atom is 0.258 e. The summed E-state index contributed by atoms with van der Waals surface area (Å²) in [5.41, 5.74) is 5.53. The van der Waals surface area contributed by atoms with Crippen LogP contribution in [-0.4, -0.2) is 44.7 Å². The lowest BCUT2D eigenvalue weighted by Crippen LogP contribution is -2.22. The first-order valence-corrected chi connectivity index (χ1v) is 10.7. The number of aryl methyl sites for hydroxylation is 3. The predicted octanol–water partition coefficient (Wildman–Crippen LogP) is 3.91. The second-order valence-electron chi connectivity index (χ2n) is 8.29. The molecule has 3 rings (SSSR count). The molecule has 0 aliphatic heterocycles. The first kappa shape index (κ1) is 22.9. The molecular weight excluding hydrogens is 394 g/mol. The second kappa shape index (κ2) is 10.0. The molecule has 31 heavy (non-hydrogen) atoms. The highest BCUT2D eigenvalue weighted by atomic mass is 16.5. The van der Waals surface area contributed by atoms with E-state index in [2.05, 4.69) is 29.0 Å². The number of hydrogen-bond acceptors (Lipinski definition) is 7. The number of aliphatic hydroxyl groups is 2. The van der Waals surface area contributed by atoms with Crippen LogP contribution in [0.25, 0.3) is 22.8 Å². The Balaban J connectivity index is 1.90. The summed E-state index contributed by atoms with van der Waals surface area (Å²) in [7, 11) is 0. The average Bonchev–Trinajstić information content (AvgIpc) is 3.21. The highest BCUT2D eigenvalue weighted by Crippen LogP contribution is 2.31. The summed E-state index contributed by atoms with van der Waals surface area (Å²) in [5.74, 6) is 2.20. The van der Waals surface area contributed by atoms with Gasteiger partial charge < -0.3 is 19.5 Å². The molecule has 2 heterocycles. The van der Waals surface area contributed by atoms with Gasteiger partial charge in [-0.1, -0.05) is 25.9 Å². The maximum absolute atomic E-state index is 9.59. The fraction of sp³-hybridized carbons (Fsp3) is 0.458. The van der Waals surface area contributed by atoms with Crippen LogP contribution in [0.2, 0.25) is 0 Å². The minimum absolute atomic E-state index is 0.0378. The van der Waals surface area contributed by atoms with Crippen LogP contribution in [0.4, 0.5) is 0 Å². The highest BCUT2D eigenvalue weighted by molar-refractivity contribution is 5.64. The van der Waals surface area contributed by atoms with E-state index >= 15 is 0 Å². The van der Waals surface area contributed by atoms with E-state index in [1.54, 1.807) is 0 Å². The van der Waals surface area contributed by atoms with Crippen molar-refractivity contribution < 1.29 is 19.5 Å². The lowest BCUT2D eigenvalue weighted by molar-refractivity contribution is 0.0531. The molecule has 7 nitrogen and oxygen atoms in total. The molecule has 166 valence electrons. The third kappa shape index (κ3) is 5.68. The molecular formula is C24H31N3O4. The molecule has 0 fully saturated rings. The van der Waals surface area contributed by atoms with Gasteiger partial charge in [-0.05, 0) is 68.0 Å². The third-order valence-electron chi connectivity index (χ3n) is 4.92. The smallest absolute Gasteiger partial charge is 0.258 e. The van der Waals surface area contributed by atoms with Gasteiger partial charge in [0, 0.05) is 22.5 Å². The van der Waals surface area contributed by atoms with E-state index in [1.807, 2.05) is 45.0 Å². The number of aromatic nitrogens is 3. The van der Waals surface area contributed by atoms with Gasteiger partial charge in [0.05, 0.1) is 6.61 Å². The number of benzene rings is 1. The van der Waals surface area contributed by atoms with Crippen molar-refractivity contribution in [3.8, 4) is 28.6 Å². The topological polar surface area (TPSA) is 102 Å². The minimum Gasteiger partial charge on any atom is -0.490 e. The van der Waals surface area contributed by atoms with E-state index in [0.717, 1.165) is 46.5 Å². The van der Waals surface area contributed by atoms with Crippen LogP contribution in [-0.2, 0) is 12.8 Å². The van der Waals surface area contributed by atoms with Crippen LogP contribution in [0, 0.1) is 19.8 Å². The molecule has 1 atom stereocenters. The van der Waals surface area contributed by atoms with Gasteiger partial charge in [0.1, 0.15) is 18.5 Å². The van der Waals surface area contributed by atoms with Gasteiger partial charge >= 0.3 is 0 Å². The first-order chi connectivity index (χ1) is 14.8. The number of nitrogens with zero attached hydrogens (tertiary/aromatic N) is 3. The molecule has 0 amide bonds. The molecule has 2 N–H and O–H groups in total. The molecule has 0 radical (unpaired) electrons. The van der Waals surface area contributed by atoms with Crippen LogP contribution in [0.1, 0.15) is 43.3 Å². The van der Waals surface area contributed by atoms with E-state index in [-0.39, 0.29) is 13.2 Å². The maximum atomic E-state index is 9.59. The molecule has 0 saturated carbocycles. The lowest BCUT2D eigenvalue weighted by Gasteiger charge is -2.16. The average molecular weight is 426 g/mol. The largest absolute Gasteiger partial charge is 0.490 e. The fourth-order valence-corrected chi connectivity index (χ4v) is 3.52. The van der Waals surface area contributed by atoms with Crippen molar-refractivity contribution in [1.29, 1.82) is 0 Å². The minimum atomic E-state index is -0.909. The second-order valence-corrected chi connectivity index (χ2v) is 8.29. The van der Waals surface area contributed by atoms with Crippen molar-refractivity contribution >= 4 is 0 Å². The Bertz CT molecular complexity index is 1030. The molecule has 3 aromatic rings. The van der Waals surface area contributed by atoms with Gasteiger partial charge in [0.2, 0.25) is 5.82 Å². The SMILES string of the molecule is CCc1cc(-c2noc(-c3cc(C)nc(CC(C)C)c3)n2)cc(C)c1OC[C@@H](O)CO. The Hall–Kier alpha value is -2.77. The molecule has 0 saturated heterocycles. The molecule has 0 bridgehead atoms. The normalized spacial score (nSPS) is 12.4. The van der Waals surface area contributed by atoms with Gasteiger partial charge in [0.25, 0.3) is 5.89 Å². The zero-order valence-electron chi connectivity index (χ0n) is 18.8. The Morgan fingerprint density at radius 1 is 1.06 bits per heavy atom. The first-order valence-electron chi connectivity index (χ1n) is 10.7. The van der Waals surface area contributed by atoms with Gasteiger partial charge in [-0.25, -0.2) is 0 Å². The van der Waals surface area contributed by atoms with Crippen LogP contribution in [0.5, 0.6) is 5.75 Å². The van der Waals surface area contributed by atoms with Crippen molar-refractivity contribution in [1.82, 2.24) is 15.1 Å². The molecule has 0 aliphatic carbocycles. The van der Waals surface area contributed by atoms with Crippen molar-refractivity contribution in [3.63, 3.8) is 0 Å². The number of hydrogen-bond donors (Lipinski definition) is 2. The van der Waals surface area contributed by atoms with E-state index in [4.69, 9.17) is 14.4 Å². The van der Waals surface area contributed by atoms with Crippen LogP contribution in [0.3, 0.4) is 0 Å². The molecule has 0 spiro atoms. The summed E-state index contributed by atoms with van der Waals surface area (Å²) in [5, 5.41) is 22.8. The van der Waals surface area contributed by atoms with Crippen molar-refractivity contribution in [3.05, 3.63) is 46.8 Å². The van der Waals surface area contributed by atoms with Gasteiger partial charge in [0.15, 0.2) is 0 Å². The quantitative estimate of drug-likeness (QED) is 0.536. The van der Waals surface area contributed by atoms with Crippen molar-refractivity contribution in [2.75, 3.05) is 13.2 Å². The fourth-order valence-electron chi connectivity index (χ4n) is 3.52. The lowest BCUT2D eigenvalue weighted by atomic mass is 10.0. The monoisotopic (exact) mass is 425 g/mol. The summed E-state index contributed by atoms with van der Waals surface area (Å²) in [6.07, 6.45) is 0.723. The van der Waals surface area contributed by atoms with Crippen LogP contribution in [0.15, 0.2) is 28.8 Å². The van der Waals surface area contributed by atoms with Crippen molar-refractivity contribution in [2.24, 2.45) is 5.92 Å². The standard InChI is InChI=1S/C24H31N3O4/c1-6-17-10-18(8-15(4)22(17)30-13-21(29)12-28)23-26-24(31-27-23)19-9-16(5)25-20(11-19)7-14(2)3/h8-11,14,21,28-29H,6-7,12-13H2,1-5H3/t21-/m0/s1. The van der Waals surface area contributed by atoms with Gasteiger partial charge in [-0.2, -0.15) is 4.98 Å². The Morgan fingerprint density at radius 3 is 2.52 bits per heavy atom. The van der Waals surface area contributed by atoms with E-state index in [0.29, 0.717) is 23.4 Å². The van der Waals surface area contributed by atoms with E-state index in [9.17, 15) is 5.11 Å². The Kier molecular flexibility index (Phi) is 7.41. The summed E-state index contributed by atoms with van der Waals surface area (Å²) in [4.78, 5) is 9.23. The number of ether oxygens (including phenoxy) is 1. The van der Waals surface area contributed by atoms with Gasteiger partial charge in [-0.3, -0.25) is 4.98 Å². The highest BCUT2D eigenvalue weighted by Gasteiger charge is 2.17. The molecule has 2 aromatic heterocycles. The molecule has 0 unspecified atom stereocenters. The summed E-state index contributed by atoms with van der Waals surface area (Å²) in [6.45, 7) is 9.97. The van der Waals surface area contributed by atoms with Gasteiger partial charge in [-0.15, -0.1) is 0 Å². The predicted molar refractivity (Wildman–Crippen MR) is 119 cm³/mol. The number of aliphatic hydroxyl groups excluding tert-OH is 2. The zero-order valence-corrected chi connectivity index (χ0v) is 18.8. The summed E-state index contributed by atoms with van der Waals surface area (Å²) < 4.78 is 11.3.